The van der Waals surface area contributed by atoms with Gasteiger partial charge in [-0.3, -0.25) is 4.79 Å². The van der Waals surface area contributed by atoms with Crippen LogP contribution in [0.4, 0.5) is 5.69 Å². The van der Waals surface area contributed by atoms with E-state index >= 15 is 0 Å². The number of nitrogens with one attached hydrogen (secondary N) is 1. The fourth-order valence-corrected chi connectivity index (χ4v) is 2.35. The van der Waals surface area contributed by atoms with Crippen molar-refractivity contribution in [2.24, 2.45) is 0 Å². The number of hydrogen-bond donors (Lipinski definition) is 1. The first kappa shape index (κ1) is 17.7. The van der Waals surface area contributed by atoms with Gasteiger partial charge in [-0.2, -0.15) is 0 Å². The van der Waals surface area contributed by atoms with Crippen LogP contribution in [0.5, 0.6) is 17.2 Å². The standard InChI is InChI=1S/C19H23NO4/c1-4-24-16-8-6-15(7-9-16)20-19(21)12-5-14-13-17(22-2)10-11-18(14)23-3/h6-11,13H,4-5,12H2,1-3H3,(H,20,21). The summed E-state index contributed by atoms with van der Waals surface area (Å²) in [4.78, 5) is 12.1. The summed E-state index contributed by atoms with van der Waals surface area (Å²) in [5, 5.41) is 2.88. The number of amides is 1. The highest BCUT2D eigenvalue weighted by molar-refractivity contribution is 5.90. The lowest BCUT2D eigenvalue weighted by Crippen LogP contribution is -2.12. The van der Waals surface area contributed by atoms with Crippen LogP contribution in [0.2, 0.25) is 0 Å². The van der Waals surface area contributed by atoms with Crippen LogP contribution in [-0.4, -0.2) is 26.7 Å². The maximum atomic E-state index is 12.1. The summed E-state index contributed by atoms with van der Waals surface area (Å²) in [6.07, 6.45) is 0.931. The molecule has 0 atom stereocenters. The molecule has 0 spiro atoms. The van der Waals surface area contributed by atoms with Gasteiger partial charge in [-0.15, -0.1) is 0 Å². The van der Waals surface area contributed by atoms with Gasteiger partial charge in [-0.1, -0.05) is 0 Å². The van der Waals surface area contributed by atoms with E-state index in [1.54, 1.807) is 14.2 Å². The molecule has 1 N–H and O–H groups in total. The van der Waals surface area contributed by atoms with Crippen molar-refractivity contribution in [3.63, 3.8) is 0 Å². The highest BCUT2D eigenvalue weighted by Crippen LogP contribution is 2.25. The van der Waals surface area contributed by atoms with E-state index in [1.807, 2.05) is 49.4 Å². The van der Waals surface area contributed by atoms with Gasteiger partial charge in [0.05, 0.1) is 20.8 Å². The number of rotatable bonds is 8. The Hall–Kier alpha value is -2.69. The lowest BCUT2D eigenvalue weighted by molar-refractivity contribution is -0.116. The highest BCUT2D eigenvalue weighted by atomic mass is 16.5. The molecule has 2 rings (SSSR count). The summed E-state index contributed by atoms with van der Waals surface area (Å²) < 4.78 is 15.9. The number of carbonyl (C=O) groups is 1. The van der Waals surface area contributed by atoms with Gasteiger partial charge < -0.3 is 19.5 Å². The van der Waals surface area contributed by atoms with Crippen LogP contribution >= 0.6 is 0 Å². The molecule has 0 aliphatic heterocycles. The van der Waals surface area contributed by atoms with Crippen LogP contribution in [0.15, 0.2) is 42.5 Å². The minimum atomic E-state index is -0.0518. The predicted octanol–water partition coefficient (Wildman–Crippen LogP) is 3.67. The first-order chi connectivity index (χ1) is 11.7. The van der Waals surface area contributed by atoms with Crippen molar-refractivity contribution < 1.29 is 19.0 Å². The molecule has 5 heteroatoms. The number of methoxy groups -OCH3 is 2. The van der Waals surface area contributed by atoms with Crippen molar-refractivity contribution in [3.8, 4) is 17.2 Å². The Kier molecular flexibility index (Phi) is 6.49. The van der Waals surface area contributed by atoms with Crippen molar-refractivity contribution >= 4 is 11.6 Å². The summed E-state index contributed by atoms with van der Waals surface area (Å²) in [6, 6.07) is 12.9. The smallest absolute Gasteiger partial charge is 0.224 e. The topological polar surface area (TPSA) is 56.8 Å². The lowest BCUT2D eigenvalue weighted by Gasteiger charge is -2.11. The third-order valence-corrected chi connectivity index (χ3v) is 3.56. The molecule has 0 aliphatic carbocycles. The summed E-state index contributed by atoms with van der Waals surface area (Å²) >= 11 is 0. The molecule has 0 unspecified atom stereocenters. The van der Waals surface area contributed by atoms with E-state index in [4.69, 9.17) is 14.2 Å². The van der Waals surface area contributed by atoms with Gasteiger partial charge in [0.2, 0.25) is 5.91 Å². The van der Waals surface area contributed by atoms with Crippen molar-refractivity contribution in [3.05, 3.63) is 48.0 Å². The molecule has 0 radical (unpaired) electrons. The van der Waals surface area contributed by atoms with Crippen molar-refractivity contribution in [2.75, 3.05) is 26.1 Å². The average Bonchev–Trinajstić information content (AvgIpc) is 2.61. The average molecular weight is 329 g/mol. The zero-order valence-corrected chi connectivity index (χ0v) is 14.3. The maximum absolute atomic E-state index is 12.1. The van der Waals surface area contributed by atoms with Crippen LogP contribution in [0, 0.1) is 0 Å². The van der Waals surface area contributed by atoms with Crippen molar-refractivity contribution in [1.82, 2.24) is 0 Å². The monoisotopic (exact) mass is 329 g/mol. The summed E-state index contributed by atoms with van der Waals surface area (Å²) in [6.45, 7) is 2.55. The molecule has 2 aromatic rings. The first-order valence-corrected chi connectivity index (χ1v) is 7.90. The van der Waals surface area contributed by atoms with Crippen LogP contribution < -0.4 is 19.5 Å². The molecular weight excluding hydrogens is 306 g/mol. The molecule has 0 saturated carbocycles. The number of anilines is 1. The fraction of sp³-hybridized carbons (Fsp3) is 0.316. The lowest BCUT2D eigenvalue weighted by atomic mass is 10.1. The van der Waals surface area contributed by atoms with E-state index in [2.05, 4.69) is 5.32 Å². The maximum Gasteiger partial charge on any atom is 0.224 e. The number of hydrogen-bond acceptors (Lipinski definition) is 4. The number of ether oxygens (including phenoxy) is 3. The van der Waals surface area contributed by atoms with Crippen LogP contribution in [0.3, 0.4) is 0 Å². The molecule has 1 amide bonds. The predicted molar refractivity (Wildman–Crippen MR) is 94.1 cm³/mol. The van der Waals surface area contributed by atoms with Gasteiger partial charge in [-0.25, -0.2) is 0 Å². The highest BCUT2D eigenvalue weighted by Gasteiger charge is 2.09. The van der Waals surface area contributed by atoms with Crippen molar-refractivity contribution in [2.45, 2.75) is 19.8 Å². The Morgan fingerprint density at radius 2 is 1.71 bits per heavy atom. The fourth-order valence-electron chi connectivity index (χ4n) is 2.35. The van der Waals surface area contributed by atoms with E-state index in [9.17, 15) is 4.79 Å². The van der Waals surface area contributed by atoms with Gasteiger partial charge in [0.1, 0.15) is 17.2 Å². The zero-order chi connectivity index (χ0) is 17.4. The molecule has 0 fully saturated rings. The third kappa shape index (κ3) is 4.91. The molecule has 0 bridgehead atoms. The molecule has 0 saturated heterocycles. The Bertz CT molecular complexity index is 668. The van der Waals surface area contributed by atoms with Gasteiger partial charge >= 0.3 is 0 Å². The second kappa shape index (κ2) is 8.82. The SMILES string of the molecule is CCOc1ccc(NC(=O)CCc2cc(OC)ccc2OC)cc1. The third-order valence-electron chi connectivity index (χ3n) is 3.56. The normalized spacial score (nSPS) is 10.1. The van der Waals surface area contributed by atoms with Gasteiger partial charge in [0.15, 0.2) is 0 Å². The van der Waals surface area contributed by atoms with E-state index < -0.39 is 0 Å². The summed E-state index contributed by atoms with van der Waals surface area (Å²) in [5.41, 5.74) is 1.69. The van der Waals surface area contributed by atoms with E-state index in [0.29, 0.717) is 19.4 Å². The molecule has 5 nitrogen and oxygen atoms in total. The van der Waals surface area contributed by atoms with Gasteiger partial charge in [0.25, 0.3) is 0 Å². The number of aryl methyl sites for hydroxylation is 1. The van der Waals surface area contributed by atoms with E-state index in [1.165, 1.54) is 0 Å². The van der Waals surface area contributed by atoms with E-state index in [-0.39, 0.29) is 5.91 Å². The van der Waals surface area contributed by atoms with Crippen LogP contribution in [-0.2, 0) is 11.2 Å². The van der Waals surface area contributed by atoms with Crippen LogP contribution in [0.25, 0.3) is 0 Å². The van der Waals surface area contributed by atoms with Gasteiger partial charge in [-0.05, 0) is 61.4 Å². The zero-order valence-electron chi connectivity index (χ0n) is 14.3. The minimum Gasteiger partial charge on any atom is -0.497 e. The largest absolute Gasteiger partial charge is 0.497 e. The molecule has 128 valence electrons. The molecular formula is C19H23NO4. The molecule has 0 aliphatic rings. The molecule has 2 aromatic carbocycles. The Morgan fingerprint density at radius 1 is 1.00 bits per heavy atom. The Labute approximate surface area is 142 Å². The Morgan fingerprint density at radius 3 is 2.33 bits per heavy atom. The summed E-state index contributed by atoms with van der Waals surface area (Å²) in [7, 11) is 3.23. The minimum absolute atomic E-state index is 0.0518. The van der Waals surface area contributed by atoms with Gasteiger partial charge in [0, 0.05) is 12.1 Å². The number of benzene rings is 2. The molecule has 0 heterocycles. The second-order valence-electron chi connectivity index (χ2n) is 5.18. The first-order valence-electron chi connectivity index (χ1n) is 7.90. The van der Waals surface area contributed by atoms with E-state index in [0.717, 1.165) is 28.5 Å². The van der Waals surface area contributed by atoms with Crippen molar-refractivity contribution in [1.29, 1.82) is 0 Å². The summed E-state index contributed by atoms with van der Waals surface area (Å²) in [5.74, 6) is 2.24. The Balaban J connectivity index is 1.93. The molecule has 24 heavy (non-hydrogen) atoms. The molecule has 0 aromatic heterocycles. The van der Waals surface area contributed by atoms with Crippen LogP contribution in [0.1, 0.15) is 18.9 Å². The quantitative estimate of drug-likeness (QED) is 0.803. The number of carbonyl (C=O) groups excluding carboxylic acids is 1. The second-order valence-corrected chi connectivity index (χ2v) is 5.18.